The normalized spacial score (nSPS) is 15.1. The van der Waals surface area contributed by atoms with Crippen LogP contribution in [0.1, 0.15) is 61.0 Å². The minimum Gasteiger partial charge on any atom is -0.481 e. The lowest BCUT2D eigenvalue weighted by molar-refractivity contribution is -0.153. The standard InChI is InChI=1S/C27H45N3O8S/c1-9-38-25(35)27(7,8)29-39(36,37)30(16-18(2)3)17-22(31)21(15-20-13-11-10-12-14-20)28-23(32)19(4)26(5,6)24(33)34/h10-14,18-19,21-22,29,31H,9,15-17H2,1-8H3,(H,28,32)(H,33,34). The smallest absolute Gasteiger partial charge is 0.326 e. The van der Waals surface area contributed by atoms with E-state index in [0.717, 1.165) is 9.87 Å². The molecule has 0 aliphatic rings. The molecule has 0 heterocycles. The molecule has 1 aromatic rings. The van der Waals surface area contributed by atoms with E-state index in [4.69, 9.17) is 4.74 Å². The molecule has 3 unspecified atom stereocenters. The Kier molecular flexibility index (Phi) is 12.6. The van der Waals surface area contributed by atoms with Gasteiger partial charge < -0.3 is 20.3 Å². The van der Waals surface area contributed by atoms with Gasteiger partial charge in [-0.2, -0.15) is 17.4 Å². The number of nitrogens with zero attached hydrogens (tertiary/aromatic N) is 1. The molecule has 3 atom stereocenters. The van der Waals surface area contributed by atoms with Crippen LogP contribution >= 0.6 is 0 Å². The van der Waals surface area contributed by atoms with Crippen molar-refractivity contribution in [2.45, 2.75) is 79.5 Å². The number of nitrogens with one attached hydrogen (secondary N) is 2. The van der Waals surface area contributed by atoms with Crippen molar-refractivity contribution in [1.82, 2.24) is 14.3 Å². The van der Waals surface area contributed by atoms with Crippen LogP contribution < -0.4 is 10.0 Å². The lowest BCUT2D eigenvalue weighted by Gasteiger charge is -2.34. The minimum atomic E-state index is -4.29. The van der Waals surface area contributed by atoms with Gasteiger partial charge in [-0.15, -0.1) is 0 Å². The van der Waals surface area contributed by atoms with Crippen LogP contribution in [0.25, 0.3) is 0 Å². The first-order valence-electron chi connectivity index (χ1n) is 13.1. The van der Waals surface area contributed by atoms with Crippen LogP contribution in [0.15, 0.2) is 30.3 Å². The summed E-state index contributed by atoms with van der Waals surface area (Å²) in [6, 6.07) is 8.10. The van der Waals surface area contributed by atoms with Gasteiger partial charge in [0.15, 0.2) is 0 Å². The number of esters is 1. The van der Waals surface area contributed by atoms with Crippen molar-refractivity contribution in [2.75, 3.05) is 19.7 Å². The number of aliphatic carboxylic acids is 1. The summed E-state index contributed by atoms with van der Waals surface area (Å²) in [4.78, 5) is 37.1. The van der Waals surface area contributed by atoms with E-state index < -0.39 is 57.1 Å². The quantitative estimate of drug-likeness (QED) is 0.219. The average molecular weight is 572 g/mol. The van der Waals surface area contributed by atoms with Crippen molar-refractivity contribution in [1.29, 1.82) is 0 Å². The van der Waals surface area contributed by atoms with E-state index in [9.17, 15) is 33.0 Å². The van der Waals surface area contributed by atoms with Crippen molar-refractivity contribution in [3.8, 4) is 0 Å². The average Bonchev–Trinajstić information content (AvgIpc) is 2.82. The number of carboxylic acids is 1. The molecule has 0 radical (unpaired) electrons. The van der Waals surface area contributed by atoms with Gasteiger partial charge in [-0.05, 0) is 52.5 Å². The molecular weight excluding hydrogens is 526 g/mol. The van der Waals surface area contributed by atoms with Gasteiger partial charge in [0, 0.05) is 13.1 Å². The molecule has 1 amide bonds. The third-order valence-electron chi connectivity index (χ3n) is 6.59. The first kappa shape index (κ1) is 34.5. The molecular formula is C27H45N3O8S. The Labute approximate surface area is 232 Å². The Morgan fingerprint density at radius 2 is 1.59 bits per heavy atom. The first-order valence-corrected chi connectivity index (χ1v) is 14.5. The maximum absolute atomic E-state index is 13.4. The summed E-state index contributed by atoms with van der Waals surface area (Å²) in [6.45, 7) is 12.1. The number of ether oxygens (including phenoxy) is 1. The van der Waals surface area contributed by atoms with Crippen LogP contribution in [0, 0.1) is 17.3 Å². The van der Waals surface area contributed by atoms with Crippen LogP contribution in [-0.4, -0.2) is 78.2 Å². The summed E-state index contributed by atoms with van der Waals surface area (Å²) in [7, 11) is -4.29. The second-order valence-electron chi connectivity index (χ2n) is 11.3. The molecule has 0 aromatic heterocycles. The van der Waals surface area contributed by atoms with Crippen LogP contribution in [0.3, 0.4) is 0 Å². The second-order valence-corrected chi connectivity index (χ2v) is 13.0. The summed E-state index contributed by atoms with van der Waals surface area (Å²) in [6.07, 6.45) is -1.19. The third kappa shape index (κ3) is 10.2. The Bertz CT molecular complexity index is 1070. The fraction of sp³-hybridized carbons (Fsp3) is 0.667. The third-order valence-corrected chi connectivity index (χ3v) is 8.33. The van der Waals surface area contributed by atoms with Crippen LogP contribution in [0.5, 0.6) is 0 Å². The van der Waals surface area contributed by atoms with Crippen molar-refractivity contribution in [2.24, 2.45) is 17.3 Å². The molecule has 4 N–H and O–H groups in total. The highest BCUT2D eigenvalue weighted by atomic mass is 32.2. The zero-order valence-electron chi connectivity index (χ0n) is 24.2. The summed E-state index contributed by atoms with van der Waals surface area (Å²) in [5, 5.41) is 23.6. The van der Waals surface area contributed by atoms with E-state index in [1.54, 1.807) is 19.1 Å². The van der Waals surface area contributed by atoms with E-state index in [1.165, 1.54) is 34.6 Å². The van der Waals surface area contributed by atoms with Gasteiger partial charge in [-0.3, -0.25) is 14.4 Å². The van der Waals surface area contributed by atoms with Crippen molar-refractivity contribution >= 4 is 28.1 Å². The van der Waals surface area contributed by atoms with Gasteiger partial charge in [0.05, 0.1) is 30.1 Å². The molecule has 39 heavy (non-hydrogen) atoms. The highest BCUT2D eigenvalue weighted by Crippen LogP contribution is 2.27. The number of hydrogen-bond donors (Lipinski definition) is 4. The maximum atomic E-state index is 13.4. The summed E-state index contributed by atoms with van der Waals surface area (Å²) in [5.41, 5.74) is -2.15. The zero-order valence-corrected chi connectivity index (χ0v) is 25.0. The lowest BCUT2D eigenvalue weighted by atomic mass is 9.79. The number of carbonyl (C=O) groups is 3. The number of aliphatic hydroxyl groups is 1. The monoisotopic (exact) mass is 571 g/mol. The van der Waals surface area contributed by atoms with Gasteiger partial charge in [-0.25, -0.2) is 0 Å². The number of hydrogen-bond acceptors (Lipinski definition) is 7. The molecule has 1 aromatic carbocycles. The number of carboxylic acid groups (broad SMARTS) is 1. The molecule has 0 saturated heterocycles. The van der Waals surface area contributed by atoms with Gasteiger partial charge in [0.1, 0.15) is 5.54 Å². The number of benzene rings is 1. The summed E-state index contributed by atoms with van der Waals surface area (Å²) >= 11 is 0. The Morgan fingerprint density at radius 1 is 1.03 bits per heavy atom. The molecule has 12 heteroatoms. The predicted molar refractivity (Wildman–Crippen MR) is 148 cm³/mol. The van der Waals surface area contributed by atoms with Crippen LogP contribution in [0.4, 0.5) is 0 Å². The van der Waals surface area contributed by atoms with Gasteiger partial charge >= 0.3 is 11.9 Å². The molecule has 0 saturated carbocycles. The number of rotatable bonds is 16. The van der Waals surface area contributed by atoms with Crippen molar-refractivity contribution in [3.05, 3.63) is 35.9 Å². The maximum Gasteiger partial charge on any atom is 0.326 e. The molecule has 0 spiro atoms. The predicted octanol–water partition coefficient (Wildman–Crippen LogP) is 1.96. The fourth-order valence-corrected chi connectivity index (χ4v) is 5.43. The van der Waals surface area contributed by atoms with E-state index in [-0.39, 0.29) is 32.0 Å². The first-order chi connectivity index (χ1) is 17.8. The van der Waals surface area contributed by atoms with Crippen molar-refractivity contribution < 1.29 is 37.8 Å². The molecule has 1 rings (SSSR count). The summed E-state index contributed by atoms with van der Waals surface area (Å²) in [5.74, 6) is -3.54. The zero-order chi connectivity index (χ0) is 30.2. The molecule has 0 fully saturated rings. The molecule has 0 bridgehead atoms. The fourth-order valence-electron chi connectivity index (χ4n) is 3.73. The number of amides is 1. The largest absolute Gasteiger partial charge is 0.481 e. The van der Waals surface area contributed by atoms with E-state index in [2.05, 4.69) is 10.0 Å². The van der Waals surface area contributed by atoms with E-state index in [1.807, 2.05) is 32.0 Å². The topological polar surface area (TPSA) is 162 Å². The second kappa shape index (κ2) is 14.2. The number of aliphatic hydroxyl groups excluding tert-OH is 1. The van der Waals surface area contributed by atoms with E-state index in [0.29, 0.717) is 0 Å². The highest BCUT2D eigenvalue weighted by molar-refractivity contribution is 7.87. The Balaban J connectivity index is 3.30. The molecule has 222 valence electrons. The highest BCUT2D eigenvalue weighted by Gasteiger charge is 2.41. The molecule has 0 aliphatic heterocycles. The minimum absolute atomic E-state index is 0.0275. The van der Waals surface area contributed by atoms with Gasteiger partial charge in [0.2, 0.25) is 5.91 Å². The van der Waals surface area contributed by atoms with Gasteiger partial charge in [0.25, 0.3) is 10.2 Å². The van der Waals surface area contributed by atoms with Crippen LogP contribution in [0.2, 0.25) is 0 Å². The Morgan fingerprint density at radius 3 is 2.08 bits per heavy atom. The lowest BCUT2D eigenvalue weighted by Crippen LogP contribution is -2.58. The summed E-state index contributed by atoms with van der Waals surface area (Å²) < 4.78 is 35.2. The number of carbonyl (C=O) groups excluding carboxylic acids is 2. The van der Waals surface area contributed by atoms with Crippen LogP contribution in [-0.2, 0) is 35.8 Å². The Hall–Kier alpha value is -2.54. The van der Waals surface area contributed by atoms with E-state index >= 15 is 0 Å². The SMILES string of the molecule is CCOC(=O)C(C)(C)NS(=O)(=O)N(CC(C)C)CC(O)C(Cc1ccccc1)NC(=O)C(C)C(C)(C)C(=O)O. The molecule has 11 nitrogen and oxygen atoms in total. The molecule has 0 aliphatic carbocycles. The van der Waals surface area contributed by atoms with Gasteiger partial charge in [-0.1, -0.05) is 51.1 Å². The van der Waals surface area contributed by atoms with Crippen molar-refractivity contribution in [3.63, 3.8) is 0 Å².